The lowest BCUT2D eigenvalue weighted by atomic mass is 10.1. The Labute approximate surface area is 183 Å². The molecule has 8 nitrogen and oxygen atoms in total. The lowest BCUT2D eigenvalue weighted by molar-refractivity contribution is 0.415. The SMILES string of the molecule is CN=C(NCc1cccc(Cn2cncn2)c1)NC1CCN(c2ccccc2OC)C1. The fraction of sp³-hybridized carbons (Fsp3) is 0.348. The molecule has 2 heterocycles. The van der Waals surface area contributed by atoms with Crippen molar-refractivity contribution in [3.05, 3.63) is 72.3 Å². The van der Waals surface area contributed by atoms with E-state index >= 15 is 0 Å². The van der Waals surface area contributed by atoms with E-state index in [1.807, 2.05) is 23.9 Å². The molecule has 0 amide bonds. The highest BCUT2D eigenvalue weighted by Gasteiger charge is 2.25. The molecule has 0 saturated carbocycles. The van der Waals surface area contributed by atoms with Crippen molar-refractivity contribution in [2.45, 2.75) is 25.6 Å². The largest absolute Gasteiger partial charge is 0.495 e. The second kappa shape index (κ2) is 9.97. The van der Waals surface area contributed by atoms with Crippen molar-refractivity contribution in [1.29, 1.82) is 0 Å². The van der Waals surface area contributed by atoms with Crippen molar-refractivity contribution in [3.8, 4) is 5.75 Å². The maximum absolute atomic E-state index is 5.52. The molecule has 1 saturated heterocycles. The molecule has 0 radical (unpaired) electrons. The number of ether oxygens (including phenoxy) is 1. The van der Waals surface area contributed by atoms with E-state index in [1.165, 1.54) is 11.1 Å². The minimum atomic E-state index is 0.328. The molecule has 1 aliphatic heterocycles. The maximum atomic E-state index is 5.52. The van der Waals surface area contributed by atoms with Crippen LogP contribution < -0.4 is 20.3 Å². The Morgan fingerprint density at radius 3 is 2.87 bits per heavy atom. The van der Waals surface area contributed by atoms with Gasteiger partial charge in [-0.3, -0.25) is 4.99 Å². The lowest BCUT2D eigenvalue weighted by Gasteiger charge is -2.22. The van der Waals surface area contributed by atoms with E-state index < -0.39 is 0 Å². The van der Waals surface area contributed by atoms with Gasteiger partial charge >= 0.3 is 0 Å². The summed E-state index contributed by atoms with van der Waals surface area (Å²) >= 11 is 0. The van der Waals surface area contributed by atoms with Crippen molar-refractivity contribution < 1.29 is 4.74 Å². The Hall–Kier alpha value is -3.55. The zero-order valence-electron chi connectivity index (χ0n) is 18.0. The topological polar surface area (TPSA) is 79.6 Å². The summed E-state index contributed by atoms with van der Waals surface area (Å²) in [6.07, 6.45) is 4.33. The number of aliphatic imine (C=N–C) groups is 1. The number of para-hydroxylation sites is 2. The van der Waals surface area contributed by atoms with Gasteiger partial charge in [-0.15, -0.1) is 0 Å². The van der Waals surface area contributed by atoms with Crippen molar-refractivity contribution in [1.82, 2.24) is 25.4 Å². The molecule has 8 heteroatoms. The predicted molar refractivity (Wildman–Crippen MR) is 123 cm³/mol. The summed E-state index contributed by atoms with van der Waals surface area (Å²) in [4.78, 5) is 10.8. The van der Waals surface area contributed by atoms with E-state index in [0.29, 0.717) is 19.1 Å². The van der Waals surface area contributed by atoms with E-state index in [0.717, 1.165) is 36.9 Å². The highest BCUT2D eigenvalue weighted by molar-refractivity contribution is 5.80. The lowest BCUT2D eigenvalue weighted by Crippen LogP contribution is -2.44. The minimum Gasteiger partial charge on any atom is -0.495 e. The zero-order chi connectivity index (χ0) is 21.5. The molecule has 0 spiro atoms. The number of aromatic nitrogens is 3. The van der Waals surface area contributed by atoms with Crippen molar-refractivity contribution in [3.63, 3.8) is 0 Å². The van der Waals surface area contributed by atoms with Crippen LogP contribution in [0.3, 0.4) is 0 Å². The number of hydrogen-bond donors (Lipinski definition) is 2. The van der Waals surface area contributed by atoms with E-state index in [1.54, 1.807) is 19.8 Å². The number of nitrogens with one attached hydrogen (secondary N) is 2. The molecule has 2 aromatic carbocycles. The normalized spacial score (nSPS) is 16.4. The van der Waals surface area contributed by atoms with Gasteiger partial charge in [0.15, 0.2) is 5.96 Å². The van der Waals surface area contributed by atoms with Crippen LogP contribution in [0.1, 0.15) is 17.5 Å². The summed E-state index contributed by atoms with van der Waals surface area (Å²) in [5, 5.41) is 11.2. The summed E-state index contributed by atoms with van der Waals surface area (Å²) in [5.41, 5.74) is 3.53. The standard InChI is InChI=1S/C23H29N7O/c1-24-23(26-13-18-6-5-7-19(12-18)14-30-17-25-16-27-30)28-20-10-11-29(15-20)21-8-3-4-9-22(21)31-2/h3-9,12,16-17,20H,10-11,13-15H2,1-2H3,(H2,24,26,28). The van der Waals surface area contributed by atoms with Gasteiger partial charge in [-0.25, -0.2) is 9.67 Å². The Morgan fingerprint density at radius 2 is 2.06 bits per heavy atom. The second-order valence-electron chi connectivity index (χ2n) is 7.59. The molecular weight excluding hydrogens is 390 g/mol. The van der Waals surface area contributed by atoms with Gasteiger partial charge in [0.2, 0.25) is 0 Å². The van der Waals surface area contributed by atoms with Crippen LogP contribution >= 0.6 is 0 Å². The quantitative estimate of drug-likeness (QED) is 0.452. The first kappa shape index (κ1) is 20.7. The van der Waals surface area contributed by atoms with Gasteiger partial charge in [0, 0.05) is 32.7 Å². The molecule has 31 heavy (non-hydrogen) atoms. The molecule has 1 unspecified atom stereocenters. The van der Waals surface area contributed by atoms with Crippen LogP contribution in [-0.4, -0.2) is 54.0 Å². The summed E-state index contributed by atoms with van der Waals surface area (Å²) in [6, 6.07) is 17.0. The highest BCUT2D eigenvalue weighted by atomic mass is 16.5. The van der Waals surface area contributed by atoms with Crippen molar-refractivity contribution >= 4 is 11.6 Å². The molecule has 1 fully saturated rings. The first-order chi connectivity index (χ1) is 15.2. The Morgan fingerprint density at radius 1 is 1.19 bits per heavy atom. The van der Waals surface area contributed by atoms with Crippen LogP contribution in [0, 0.1) is 0 Å². The van der Waals surface area contributed by atoms with Crippen LogP contribution in [0.2, 0.25) is 0 Å². The van der Waals surface area contributed by atoms with E-state index in [-0.39, 0.29) is 0 Å². The molecule has 1 aromatic heterocycles. The van der Waals surface area contributed by atoms with Gasteiger partial charge in [-0.2, -0.15) is 5.10 Å². The molecule has 4 rings (SSSR count). The number of nitrogens with zero attached hydrogens (tertiary/aromatic N) is 5. The van der Waals surface area contributed by atoms with Crippen LogP contribution in [-0.2, 0) is 13.1 Å². The summed E-state index contributed by atoms with van der Waals surface area (Å²) in [7, 11) is 3.53. The Bertz CT molecular complexity index is 1000. The third kappa shape index (κ3) is 5.33. The number of hydrogen-bond acceptors (Lipinski definition) is 5. The number of methoxy groups -OCH3 is 1. The zero-order valence-corrected chi connectivity index (χ0v) is 18.0. The molecule has 1 aliphatic rings. The number of guanidine groups is 1. The average Bonchev–Trinajstić information content (AvgIpc) is 3.49. The number of anilines is 1. The minimum absolute atomic E-state index is 0.328. The Kier molecular flexibility index (Phi) is 6.66. The Balaban J connectivity index is 1.30. The van der Waals surface area contributed by atoms with Gasteiger partial charge in [0.25, 0.3) is 0 Å². The molecular formula is C23H29N7O. The van der Waals surface area contributed by atoms with Gasteiger partial charge in [0.05, 0.1) is 19.3 Å². The molecule has 162 valence electrons. The van der Waals surface area contributed by atoms with Gasteiger partial charge < -0.3 is 20.3 Å². The average molecular weight is 420 g/mol. The van der Waals surface area contributed by atoms with Crippen LogP contribution in [0.15, 0.2) is 66.2 Å². The molecule has 3 aromatic rings. The van der Waals surface area contributed by atoms with E-state index in [2.05, 4.69) is 67.0 Å². The highest BCUT2D eigenvalue weighted by Crippen LogP contribution is 2.30. The first-order valence-corrected chi connectivity index (χ1v) is 10.5. The van der Waals surface area contributed by atoms with Gasteiger partial charge in [-0.05, 0) is 29.7 Å². The fourth-order valence-electron chi connectivity index (χ4n) is 3.90. The smallest absolute Gasteiger partial charge is 0.191 e. The van der Waals surface area contributed by atoms with Crippen LogP contribution in [0.25, 0.3) is 0 Å². The predicted octanol–water partition coefficient (Wildman–Crippen LogP) is 2.28. The summed E-state index contributed by atoms with van der Waals surface area (Å²) < 4.78 is 7.34. The number of rotatable bonds is 7. The third-order valence-corrected chi connectivity index (χ3v) is 5.44. The fourth-order valence-corrected chi connectivity index (χ4v) is 3.90. The number of benzene rings is 2. The summed E-state index contributed by atoms with van der Waals surface area (Å²) in [5.74, 6) is 1.73. The van der Waals surface area contributed by atoms with Crippen molar-refractivity contribution in [2.75, 3.05) is 32.1 Å². The van der Waals surface area contributed by atoms with E-state index in [9.17, 15) is 0 Å². The van der Waals surface area contributed by atoms with Crippen LogP contribution in [0.4, 0.5) is 5.69 Å². The van der Waals surface area contributed by atoms with Crippen LogP contribution in [0.5, 0.6) is 5.75 Å². The first-order valence-electron chi connectivity index (χ1n) is 10.5. The molecule has 0 aliphatic carbocycles. The third-order valence-electron chi connectivity index (χ3n) is 5.44. The monoisotopic (exact) mass is 419 g/mol. The molecule has 1 atom stereocenters. The van der Waals surface area contributed by atoms with Crippen molar-refractivity contribution in [2.24, 2.45) is 4.99 Å². The molecule has 0 bridgehead atoms. The second-order valence-corrected chi connectivity index (χ2v) is 7.59. The summed E-state index contributed by atoms with van der Waals surface area (Å²) in [6.45, 7) is 3.31. The van der Waals surface area contributed by atoms with Gasteiger partial charge in [-0.1, -0.05) is 36.4 Å². The van der Waals surface area contributed by atoms with Gasteiger partial charge in [0.1, 0.15) is 18.4 Å². The maximum Gasteiger partial charge on any atom is 0.191 e. The van der Waals surface area contributed by atoms with E-state index in [4.69, 9.17) is 4.74 Å². The molecule has 2 N–H and O–H groups in total.